The van der Waals surface area contributed by atoms with Crippen LogP contribution < -0.4 is 0 Å². The molecule has 0 spiro atoms. The maximum absolute atomic E-state index is 11.7. The number of benzene rings is 1. The molecule has 0 saturated heterocycles. The van der Waals surface area contributed by atoms with E-state index in [1.54, 1.807) is 19.1 Å². The fraction of sp³-hybridized carbons (Fsp3) is 0.273. The van der Waals surface area contributed by atoms with Gasteiger partial charge in [0.15, 0.2) is 0 Å². The monoisotopic (exact) mass is 301 g/mol. The second kappa shape index (κ2) is 5.88. The molecule has 0 saturated carbocycles. The minimum absolute atomic E-state index is 0.238. The van der Waals surface area contributed by atoms with E-state index >= 15 is 0 Å². The Bertz CT molecular complexity index is 454. The Morgan fingerprint density at radius 2 is 2.31 bits per heavy atom. The van der Waals surface area contributed by atoms with Gasteiger partial charge in [-0.15, -0.1) is 11.6 Å². The van der Waals surface area contributed by atoms with Crippen LogP contribution in [-0.4, -0.2) is 12.6 Å². The lowest BCUT2D eigenvalue weighted by Gasteiger charge is -2.09. The van der Waals surface area contributed by atoms with E-state index in [2.05, 4.69) is 15.9 Å². The van der Waals surface area contributed by atoms with Crippen LogP contribution in [0.3, 0.4) is 0 Å². The van der Waals surface area contributed by atoms with Crippen molar-refractivity contribution in [3.05, 3.63) is 33.3 Å². The Kier molecular flexibility index (Phi) is 4.78. The van der Waals surface area contributed by atoms with Crippen molar-refractivity contribution in [1.29, 1.82) is 5.26 Å². The van der Waals surface area contributed by atoms with E-state index in [4.69, 9.17) is 21.6 Å². The van der Waals surface area contributed by atoms with E-state index in [1.807, 2.05) is 6.07 Å². The molecule has 0 aliphatic carbocycles. The molecule has 0 heterocycles. The van der Waals surface area contributed by atoms with Gasteiger partial charge in [0.1, 0.15) is 6.07 Å². The van der Waals surface area contributed by atoms with Gasteiger partial charge in [0.05, 0.1) is 17.7 Å². The number of halogens is 2. The molecule has 0 radical (unpaired) electrons. The van der Waals surface area contributed by atoms with Crippen LogP contribution in [0.15, 0.2) is 16.6 Å². The van der Waals surface area contributed by atoms with E-state index in [0.29, 0.717) is 4.47 Å². The van der Waals surface area contributed by atoms with Crippen LogP contribution in [0.1, 0.15) is 28.4 Å². The molecular formula is C11H9BrClNO2. The number of alkyl halides is 1. The van der Waals surface area contributed by atoms with Crippen molar-refractivity contribution in [3.63, 3.8) is 0 Å². The van der Waals surface area contributed by atoms with Crippen molar-refractivity contribution in [2.45, 2.75) is 12.8 Å². The first-order chi connectivity index (χ1) is 7.65. The number of hydrogen-bond acceptors (Lipinski definition) is 3. The van der Waals surface area contributed by atoms with Gasteiger partial charge < -0.3 is 4.74 Å². The summed E-state index contributed by atoms with van der Waals surface area (Å²) in [4.78, 5) is 11.7. The Balaban J connectivity index is 3.33. The summed E-state index contributed by atoms with van der Waals surface area (Å²) in [6.45, 7) is 1.98. The van der Waals surface area contributed by atoms with Gasteiger partial charge >= 0.3 is 5.97 Å². The van der Waals surface area contributed by atoms with Crippen molar-refractivity contribution in [3.8, 4) is 6.07 Å². The summed E-state index contributed by atoms with van der Waals surface area (Å²) in [7, 11) is 0. The molecule has 0 amide bonds. The Morgan fingerprint density at radius 1 is 1.62 bits per heavy atom. The number of esters is 1. The molecule has 0 fully saturated rings. The number of carbonyl (C=O) groups is 1. The van der Waals surface area contributed by atoms with Gasteiger partial charge in [0, 0.05) is 10.4 Å². The molecule has 3 nitrogen and oxygen atoms in total. The SMILES string of the molecule is CCOC(=O)c1c(C#N)ccc(CCl)c1Br. The van der Waals surface area contributed by atoms with E-state index in [9.17, 15) is 4.79 Å². The van der Waals surface area contributed by atoms with E-state index < -0.39 is 5.97 Å². The third-order valence-electron chi connectivity index (χ3n) is 1.97. The van der Waals surface area contributed by atoms with Gasteiger partial charge in [-0.1, -0.05) is 6.07 Å². The number of hydrogen-bond donors (Lipinski definition) is 0. The number of ether oxygens (including phenoxy) is 1. The molecule has 16 heavy (non-hydrogen) atoms. The predicted molar refractivity (Wildman–Crippen MR) is 64.4 cm³/mol. The molecule has 1 rings (SSSR count). The van der Waals surface area contributed by atoms with E-state index in [0.717, 1.165) is 5.56 Å². The van der Waals surface area contributed by atoms with Gasteiger partial charge in [-0.25, -0.2) is 4.79 Å². The van der Waals surface area contributed by atoms with Gasteiger partial charge in [-0.05, 0) is 34.5 Å². The van der Waals surface area contributed by atoms with Crippen LogP contribution in [0.2, 0.25) is 0 Å². The lowest BCUT2D eigenvalue weighted by Crippen LogP contribution is -2.09. The summed E-state index contributed by atoms with van der Waals surface area (Å²) < 4.78 is 5.42. The first-order valence-corrected chi connectivity index (χ1v) is 5.93. The van der Waals surface area contributed by atoms with Crippen LogP contribution in [0.4, 0.5) is 0 Å². The molecule has 1 aromatic carbocycles. The first-order valence-electron chi connectivity index (χ1n) is 4.60. The summed E-state index contributed by atoms with van der Waals surface area (Å²) in [6, 6.07) is 5.22. The largest absolute Gasteiger partial charge is 0.462 e. The van der Waals surface area contributed by atoms with Crippen molar-refractivity contribution in [2.24, 2.45) is 0 Å². The zero-order valence-corrected chi connectivity index (χ0v) is 10.9. The molecule has 0 aliphatic heterocycles. The van der Waals surface area contributed by atoms with Crippen LogP contribution in [-0.2, 0) is 10.6 Å². The van der Waals surface area contributed by atoms with Crippen molar-refractivity contribution in [1.82, 2.24) is 0 Å². The topological polar surface area (TPSA) is 50.1 Å². The maximum atomic E-state index is 11.7. The highest BCUT2D eigenvalue weighted by Gasteiger charge is 2.18. The predicted octanol–water partition coefficient (Wildman–Crippen LogP) is 3.24. The third-order valence-corrected chi connectivity index (χ3v) is 3.16. The van der Waals surface area contributed by atoms with Crippen LogP contribution >= 0.6 is 27.5 Å². The smallest absolute Gasteiger partial charge is 0.340 e. The molecule has 0 bridgehead atoms. The molecule has 84 valence electrons. The van der Waals surface area contributed by atoms with Crippen molar-refractivity contribution in [2.75, 3.05) is 6.61 Å². The van der Waals surface area contributed by atoms with Crippen LogP contribution in [0, 0.1) is 11.3 Å². The molecule has 1 aromatic rings. The average Bonchev–Trinajstić information content (AvgIpc) is 2.28. The van der Waals surface area contributed by atoms with E-state index in [-0.39, 0.29) is 23.6 Å². The van der Waals surface area contributed by atoms with Gasteiger partial charge in [-0.2, -0.15) is 5.26 Å². The number of rotatable bonds is 3. The standard InChI is InChI=1S/C11H9BrClNO2/c1-2-16-11(15)9-8(6-14)4-3-7(5-13)10(9)12/h3-4H,2,5H2,1H3. The number of nitrogens with zero attached hydrogens (tertiary/aromatic N) is 1. The Hall–Kier alpha value is -1.05. The molecule has 0 unspecified atom stereocenters. The lowest BCUT2D eigenvalue weighted by molar-refractivity contribution is 0.0525. The number of nitriles is 1. The highest BCUT2D eigenvalue weighted by Crippen LogP contribution is 2.27. The molecule has 0 N–H and O–H groups in total. The Morgan fingerprint density at radius 3 is 2.81 bits per heavy atom. The minimum atomic E-state index is -0.516. The summed E-state index contributed by atoms with van der Waals surface area (Å²) in [5.74, 6) is -0.253. The van der Waals surface area contributed by atoms with Crippen LogP contribution in [0.25, 0.3) is 0 Å². The fourth-order valence-electron chi connectivity index (χ4n) is 1.22. The van der Waals surface area contributed by atoms with Gasteiger partial charge in [0.25, 0.3) is 0 Å². The van der Waals surface area contributed by atoms with Crippen LogP contribution in [0.5, 0.6) is 0 Å². The molecule has 0 aromatic heterocycles. The zero-order valence-electron chi connectivity index (χ0n) is 8.59. The van der Waals surface area contributed by atoms with E-state index in [1.165, 1.54) is 0 Å². The number of carbonyl (C=O) groups excluding carboxylic acids is 1. The van der Waals surface area contributed by atoms with Crippen molar-refractivity contribution >= 4 is 33.5 Å². The average molecular weight is 303 g/mol. The van der Waals surface area contributed by atoms with Crippen molar-refractivity contribution < 1.29 is 9.53 Å². The highest BCUT2D eigenvalue weighted by atomic mass is 79.9. The summed E-state index contributed by atoms with van der Waals surface area (Å²) >= 11 is 8.98. The van der Waals surface area contributed by atoms with Gasteiger partial charge in [-0.3, -0.25) is 0 Å². The highest BCUT2D eigenvalue weighted by molar-refractivity contribution is 9.10. The molecule has 5 heteroatoms. The zero-order chi connectivity index (χ0) is 12.1. The second-order valence-electron chi connectivity index (χ2n) is 2.93. The quantitative estimate of drug-likeness (QED) is 0.636. The second-order valence-corrected chi connectivity index (χ2v) is 3.99. The summed E-state index contributed by atoms with van der Waals surface area (Å²) in [5.41, 5.74) is 1.27. The minimum Gasteiger partial charge on any atom is -0.462 e. The lowest BCUT2D eigenvalue weighted by atomic mass is 10.1. The summed E-state index contributed by atoms with van der Waals surface area (Å²) in [6.07, 6.45) is 0. The summed E-state index contributed by atoms with van der Waals surface area (Å²) in [5, 5.41) is 8.91. The van der Waals surface area contributed by atoms with Gasteiger partial charge in [0.2, 0.25) is 0 Å². The third kappa shape index (κ3) is 2.55. The molecule has 0 aliphatic rings. The molecule has 0 atom stereocenters. The first kappa shape index (κ1) is 13.0. The maximum Gasteiger partial charge on any atom is 0.340 e. The fourth-order valence-corrected chi connectivity index (χ4v) is 2.25. The molecular weight excluding hydrogens is 293 g/mol. The normalized spacial score (nSPS) is 9.62. The Labute approximate surface area is 107 Å².